The zero-order valence-corrected chi connectivity index (χ0v) is 10.4. The number of rotatable bonds is 5. The molecule has 0 fully saturated rings. The minimum atomic E-state index is -0.490. The molecular formula is C12H16ClFN2O. The number of nitrogens with one attached hydrogen (secondary N) is 1. The molecule has 17 heavy (non-hydrogen) atoms. The molecule has 0 saturated heterocycles. The number of hydrogen-bond donors (Lipinski definition) is 2. The predicted octanol–water partition coefficient (Wildman–Crippen LogP) is 2.22. The van der Waals surface area contributed by atoms with Crippen molar-refractivity contribution in [2.45, 2.75) is 32.4 Å². The first kappa shape index (κ1) is 13.9. The van der Waals surface area contributed by atoms with Gasteiger partial charge in [0.15, 0.2) is 0 Å². The van der Waals surface area contributed by atoms with E-state index in [9.17, 15) is 9.18 Å². The van der Waals surface area contributed by atoms with E-state index in [-0.39, 0.29) is 10.9 Å². The van der Waals surface area contributed by atoms with Crippen molar-refractivity contribution in [1.82, 2.24) is 5.32 Å². The number of hydrogen-bond acceptors (Lipinski definition) is 2. The molecule has 1 atom stereocenters. The van der Waals surface area contributed by atoms with Gasteiger partial charge in [0.1, 0.15) is 5.82 Å². The van der Waals surface area contributed by atoms with E-state index in [1.54, 1.807) is 6.07 Å². The second-order valence-corrected chi connectivity index (χ2v) is 4.27. The van der Waals surface area contributed by atoms with E-state index in [4.69, 9.17) is 17.3 Å². The summed E-state index contributed by atoms with van der Waals surface area (Å²) >= 11 is 5.63. The molecule has 0 radical (unpaired) electrons. The molecule has 0 saturated carbocycles. The zero-order chi connectivity index (χ0) is 12.8. The normalized spacial score (nSPS) is 12.2. The summed E-state index contributed by atoms with van der Waals surface area (Å²) in [4.78, 5) is 11.5. The van der Waals surface area contributed by atoms with Crippen LogP contribution in [0, 0.1) is 5.82 Å². The highest BCUT2D eigenvalue weighted by Crippen LogP contribution is 2.15. The van der Waals surface area contributed by atoms with Gasteiger partial charge in [-0.15, -0.1) is 0 Å². The number of amides is 1. The molecule has 0 aliphatic carbocycles. The molecule has 94 valence electrons. The molecule has 3 N–H and O–H groups in total. The number of carbonyl (C=O) groups is 1. The first-order valence-electron chi connectivity index (χ1n) is 5.51. The summed E-state index contributed by atoms with van der Waals surface area (Å²) < 4.78 is 12.9. The van der Waals surface area contributed by atoms with E-state index in [1.807, 2.05) is 6.92 Å². The van der Waals surface area contributed by atoms with Gasteiger partial charge in [0.05, 0.1) is 11.1 Å². The van der Waals surface area contributed by atoms with E-state index in [1.165, 1.54) is 12.1 Å². The summed E-state index contributed by atoms with van der Waals surface area (Å²) in [5, 5.41) is 2.74. The van der Waals surface area contributed by atoms with Crippen LogP contribution in [0.5, 0.6) is 0 Å². The van der Waals surface area contributed by atoms with Crippen LogP contribution in [0.2, 0.25) is 5.02 Å². The van der Waals surface area contributed by atoms with Crippen LogP contribution < -0.4 is 11.1 Å². The summed E-state index contributed by atoms with van der Waals surface area (Å²) in [5.41, 5.74) is 6.39. The van der Waals surface area contributed by atoms with Crippen molar-refractivity contribution >= 4 is 17.5 Å². The van der Waals surface area contributed by atoms with Crippen molar-refractivity contribution in [2.24, 2.45) is 5.73 Å². The first-order valence-corrected chi connectivity index (χ1v) is 5.89. The average molecular weight is 259 g/mol. The van der Waals surface area contributed by atoms with Crippen molar-refractivity contribution in [3.05, 3.63) is 34.6 Å². The van der Waals surface area contributed by atoms with E-state index in [2.05, 4.69) is 5.32 Å². The molecule has 5 heteroatoms. The van der Waals surface area contributed by atoms with Crippen LogP contribution in [-0.4, -0.2) is 11.9 Å². The van der Waals surface area contributed by atoms with Crippen molar-refractivity contribution < 1.29 is 9.18 Å². The summed E-state index contributed by atoms with van der Waals surface area (Å²) in [5.74, 6) is -0.670. The monoisotopic (exact) mass is 258 g/mol. The molecule has 0 unspecified atom stereocenters. The fraction of sp³-hybridized carbons (Fsp3) is 0.417. The second kappa shape index (κ2) is 6.57. The summed E-state index contributed by atoms with van der Waals surface area (Å²) in [6.45, 7) is 2.27. The maximum absolute atomic E-state index is 12.9. The van der Waals surface area contributed by atoms with E-state index < -0.39 is 11.9 Å². The molecule has 3 nitrogen and oxygen atoms in total. The highest BCUT2D eigenvalue weighted by molar-refractivity contribution is 6.30. The minimum Gasteiger partial charge on any atom is -0.351 e. The third kappa shape index (κ3) is 4.32. The van der Waals surface area contributed by atoms with Gasteiger partial charge in [-0.05, 0) is 24.1 Å². The molecule has 1 amide bonds. The SMILES string of the molecule is CCC[C@H](N)C(=O)NCc1ccc(F)c(Cl)c1. The quantitative estimate of drug-likeness (QED) is 0.851. The lowest BCUT2D eigenvalue weighted by molar-refractivity contribution is -0.122. The minimum absolute atomic E-state index is 0.0506. The van der Waals surface area contributed by atoms with Crippen LogP contribution in [0.1, 0.15) is 25.3 Å². The smallest absolute Gasteiger partial charge is 0.237 e. The topological polar surface area (TPSA) is 55.1 Å². The molecule has 1 aromatic rings. The van der Waals surface area contributed by atoms with Crippen LogP contribution in [0.15, 0.2) is 18.2 Å². The Labute approximate surface area is 105 Å². The second-order valence-electron chi connectivity index (χ2n) is 3.86. The van der Waals surface area contributed by atoms with Gasteiger partial charge in [-0.3, -0.25) is 4.79 Å². The van der Waals surface area contributed by atoms with Crippen LogP contribution in [0.25, 0.3) is 0 Å². The van der Waals surface area contributed by atoms with E-state index >= 15 is 0 Å². The highest BCUT2D eigenvalue weighted by atomic mass is 35.5. The Morgan fingerprint density at radius 2 is 2.29 bits per heavy atom. The molecular weight excluding hydrogens is 243 g/mol. The molecule has 0 spiro atoms. The van der Waals surface area contributed by atoms with Gasteiger partial charge in [0, 0.05) is 6.54 Å². The Morgan fingerprint density at radius 1 is 1.59 bits per heavy atom. The lowest BCUT2D eigenvalue weighted by Crippen LogP contribution is -2.40. The van der Waals surface area contributed by atoms with Crippen molar-refractivity contribution in [3.63, 3.8) is 0 Å². The average Bonchev–Trinajstić information content (AvgIpc) is 2.30. The van der Waals surface area contributed by atoms with Gasteiger partial charge in [-0.25, -0.2) is 4.39 Å². The molecule has 0 heterocycles. The Morgan fingerprint density at radius 3 is 2.88 bits per heavy atom. The number of nitrogens with two attached hydrogens (primary N) is 1. The van der Waals surface area contributed by atoms with Gasteiger partial charge >= 0.3 is 0 Å². The Hall–Kier alpha value is -1.13. The molecule has 1 rings (SSSR count). The molecule has 0 aliphatic rings. The maximum atomic E-state index is 12.9. The van der Waals surface area contributed by atoms with Crippen LogP contribution in [-0.2, 0) is 11.3 Å². The lowest BCUT2D eigenvalue weighted by atomic mass is 10.1. The lowest BCUT2D eigenvalue weighted by Gasteiger charge is -2.11. The third-order valence-corrected chi connectivity index (χ3v) is 2.68. The van der Waals surface area contributed by atoms with Crippen molar-refractivity contribution in [3.8, 4) is 0 Å². The molecule has 0 aliphatic heterocycles. The molecule has 1 aromatic carbocycles. The fourth-order valence-electron chi connectivity index (χ4n) is 1.41. The highest BCUT2D eigenvalue weighted by Gasteiger charge is 2.11. The van der Waals surface area contributed by atoms with Crippen LogP contribution in [0.4, 0.5) is 4.39 Å². The van der Waals surface area contributed by atoms with E-state index in [0.717, 1.165) is 12.0 Å². The zero-order valence-electron chi connectivity index (χ0n) is 9.67. The Balaban J connectivity index is 2.50. The fourth-order valence-corrected chi connectivity index (χ4v) is 1.62. The predicted molar refractivity (Wildman–Crippen MR) is 66.1 cm³/mol. The van der Waals surface area contributed by atoms with Gasteiger partial charge in [-0.2, -0.15) is 0 Å². The summed E-state index contributed by atoms with van der Waals surface area (Å²) in [6, 6.07) is 3.85. The van der Waals surface area contributed by atoms with Crippen LogP contribution >= 0.6 is 11.6 Å². The largest absolute Gasteiger partial charge is 0.351 e. The first-order chi connectivity index (χ1) is 8.04. The van der Waals surface area contributed by atoms with Gasteiger partial charge in [0.25, 0.3) is 0 Å². The van der Waals surface area contributed by atoms with Crippen molar-refractivity contribution in [2.75, 3.05) is 0 Å². The van der Waals surface area contributed by atoms with E-state index in [0.29, 0.717) is 13.0 Å². The maximum Gasteiger partial charge on any atom is 0.237 e. The third-order valence-electron chi connectivity index (χ3n) is 2.39. The Bertz CT molecular complexity index is 398. The standard InChI is InChI=1S/C12H16ClFN2O/c1-2-3-11(15)12(17)16-7-8-4-5-10(14)9(13)6-8/h4-6,11H,2-3,7,15H2,1H3,(H,16,17)/t11-/m0/s1. The van der Waals surface area contributed by atoms with Gasteiger partial charge in [-0.1, -0.05) is 31.0 Å². The summed E-state index contributed by atoms with van der Waals surface area (Å²) in [7, 11) is 0. The number of halogens is 2. The Kier molecular flexibility index (Phi) is 5.38. The van der Waals surface area contributed by atoms with Crippen LogP contribution in [0.3, 0.4) is 0 Å². The van der Waals surface area contributed by atoms with Gasteiger partial charge in [0.2, 0.25) is 5.91 Å². The van der Waals surface area contributed by atoms with Crippen molar-refractivity contribution in [1.29, 1.82) is 0 Å². The number of carbonyl (C=O) groups excluding carboxylic acids is 1. The number of benzene rings is 1. The molecule has 0 aromatic heterocycles. The summed E-state index contributed by atoms with van der Waals surface area (Å²) in [6.07, 6.45) is 1.51. The van der Waals surface area contributed by atoms with Gasteiger partial charge < -0.3 is 11.1 Å². The molecule has 0 bridgehead atoms.